The van der Waals surface area contributed by atoms with Crippen molar-refractivity contribution in [2.75, 3.05) is 12.4 Å². The van der Waals surface area contributed by atoms with Gasteiger partial charge in [0.05, 0.1) is 13.3 Å². The summed E-state index contributed by atoms with van der Waals surface area (Å²) in [6.07, 6.45) is 1.07. The fraction of sp³-hybridized carbons (Fsp3) is 0.211. The molecule has 2 amide bonds. The average molecular weight is 374 g/mol. The number of ether oxygens (including phenoxy) is 1. The molecule has 0 bridgehead atoms. The molecule has 0 aliphatic heterocycles. The van der Waals surface area contributed by atoms with Gasteiger partial charge >= 0.3 is 0 Å². The summed E-state index contributed by atoms with van der Waals surface area (Å²) < 4.78 is 5.18. The van der Waals surface area contributed by atoms with Crippen molar-refractivity contribution >= 4 is 35.3 Å². The highest BCUT2D eigenvalue weighted by Gasteiger charge is 2.09. The van der Waals surface area contributed by atoms with Crippen molar-refractivity contribution in [2.24, 2.45) is 5.10 Å². The van der Waals surface area contributed by atoms with Crippen LogP contribution in [0.4, 0.5) is 5.69 Å². The fourth-order valence-electron chi connectivity index (χ4n) is 2.19. The predicted molar refractivity (Wildman–Crippen MR) is 103 cm³/mol. The van der Waals surface area contributed by atoms with E-state index in [4.69, 9.17) is 16.3 Å². The number of nitrogens with one attached hydrogen (secondary N) is 2. The van der Waals surface area contributed by atoms with E-state index in [1.54, 1.807) is 24.3 Å². The number of anilines is 1. The maximum atomic E-state index is 11.9. The Hall–Kier alpha value is -2.86. The molecule has 0 saturated carbocycles. The van der Waals surface area contributed by atoms with Crippen molar-refractivity contribution in [1.29, 1.82) is 0 Å². The number of nitrogens with zero attached hydrogens (tertiary/aromatic N) is 1. The van der Waals surface area contributed by atoms with E-state index in [-0.39, 0.29) is 6.42 Å². The van der Waals surface area contributed by atoms with E-state index in [9.17, 15) is 9.59 Å². The van der Waals surface area contributed by atoms with Gasteiger partial charge in [0.1, 0.15) is 12.2 Å². The third kappa shape index (κ3) is 5.60. The van der Waals surface area contributed by atoms with Gasteiger partial charge in [0, 0.05) is 16.3 Å². The molecule has 26 heavy (non-hydrogen) atoms. The summed E-state index contributed by atoms with van der Waals surface area (Å²) in [4.78, 5) is 23.8. The van der Waals surface area contributed by atoms with Gasteiger partial charge in [-0.05, 0) is 55.3 Å². The van der Waals surface area contributed by atoms with Crippen LogP contribution >= 0.6 is 11.6 Å². The van der Waals surface area contributed by atoms with Gasteiger partial charge in [-0.2, -0.15) is 5.10 Å². The first-order valence-corrected chi connectivity index (χ1v) is 8.29. The summed E-state index contributed by atoms with van der Waals surface area (Å²) >= 11 is 5.92. The number of halogens is 1. The second-order valence-electron chi connectivity index (χ2n) is 5.70. The molecule has 0 heterocycles. The molecule has 0 aliphatic carbocycles. The van der Waals surface area contributed by atoms with E-state index >= 15 is 0 Å². The van der Waals surface area contributed by atoms with E-state index < -0.39 is 11.8 Å². The molecule has 6 nitrogen and oxygen atoms in total. The number of carbonyl (C=O) groups is 2. The summed E-state index contributed by atoms with van der Waals surface area (Å²) in [5, 5.41) is 7.04. The first-order valence-electron chi connectivity index (χ1n) is 7.91. The molecular formula is C19H20ClN3O3. The quantitative estimate of drug-likeness (QED) is 0.462. The van der Waals surface area contributed by atoms with Crippen molar-refractivity contribution in [3.8, 4) is 5.75 Å². The lowest BCUT2D eigenvalue weighted by Crippen LogP contribution is -2.24. The van der Waals surface area contributed by atoms with Crippen LogP contribution < -0.4 is 15.5 Å². The van der Waals surface area contributed by atoms with E-state index in [2.05, 4.69) is 15.8 Å². The lowest BCUT2D eigenvalue weighted by Gasteiger charge is -2.07. The van der Waals surface area contributed by atoms with Gasteiger partial charge in [0.25, 0.3) is 0 Å². The van der Waals surface area contributed by atoms with E-state index in [0.29, 0.717) is 22.0 Å². The smallest absolute Gasteiger partial charge is 0.249 e. The Bertz CT molecular complexity index is 850. The number of amides is 2. The Labute approximate surface area is 157 Å². The van der Waals surface area contributed by atoms with Crippen molar-refractivity contribution in [1.82, 2.24) is 5.43 Å². The Morgan fingerprint density at radius 1 is 1.12 bits per heavy atom. The number of aryl methyl sites for hydroxylation is 2. The molecule has 0 aliphatic rings. The second-order valence-corrected chi connectivity index (χ2v) is 6.14. The standard InChI is InChI=1S/C19H20ClN3O3/c1-12-4-6-16(8-13(12)2)22-18(24)10-19(25)23-21-11-14-9-15(20)5-7-17(14)26-3/h4-9,11H,10H2,1-3H3,(H,22,24)(H,23,25). The van der Waals surface area contributed by atoms with Gasteiger partial charge in [0.15, 0.2) is 0 Å². The third-order valence-corrected chi connectivity index (χ3v) is 3.93. The SMILES string of the molecule is COc1ccc(Cl)cc1C=NNC(=O)CC(=O)Nc1ccc(C)c(C)c1. The first-order chi connectivity index (χ1) is 12.4. The van der Waals surface area contributed by atoms with Crippen LogP contribution in [0.2, 0.25) is 5.02 Å². The monoisotopic (exact) mass is 373 g/mol. The molecule has 0 saturated heterocycles. The van der Waals surface area contributed by atoms with Crippen LogP contribution in [0.1, 0.15) is 23.1 Å². The first kappa shape index (κ1) is 19.5. The van der Waals surface area contributed by atoms with Gasteiger partial charge in [-0.1, -0.05) is 17.7 Å². The molecule has 0 unspecified atom stereocenters. The zero-order valence-corrected chi connectivity index (χ0v) is 15.6. The second kappa shape index (κ2) is 9.01. The number of hydrogen-bond donors (Lipinski definition) is 2. The van der Waals surface area contributed by atoms with Crippen molar-refractivity contribution in [3.05, 3.63) is 58.1 Å². The molecule has 2 aromatic rings. The van der Waals surface area contributed by atoms with Gasteiger partial charge < -0.3 is 10.1 Å². The molecule has 0 spiro atoms. The average Bonchev–Trinajstić information content (AvgIpc) is 2.58. The van der Waals surface area contributed by atoms with Crippen LogP contribution in [-0.4, -0.2) is 25.1 Å². The molecule has 2 rings (SSSR count). The normalized spacial score (nSPS) is 10.6. The Balaban J connectivity index is 1.89. The van der Waals surface area contributed by atoms with Crippen molar-refractivity contribution in [3.63, 3.8) is 0 Å². The van der Waals surface area contributed by atoms with Gasteiger partial charge in [-0.25, -0.2) is 5.43 Å². The zero-order valence-electron chi connectivity index (χ0n) is 14.8. The van der Waals surface area contributed by atoms with Crippen molar-refractivity contribution in [2.45, 2.75) is 20.3 Å². The van der Waals surface area contributed by atoms with Crippen LogP contribution in [0.25, 0.3) is 0 Å². The summed E-state index contributed by atoms with van der Waals surface area (Å²) in [7, 11) is 1.52. The number of benzene rings is 2. The molecule has 0 aromatic heterocycles. The minimum Gasteiger partial charge on any atom is -0.496 e. The van der Waals surface area contributed by atoms with Crippen LogP contribution in [0, 0.1) is 13.8 Å². The summed E-state index contributed by atoms with van der Waals surface area (Å²) in [5.74, 6) is -0.371. The van der Waals surface area contributed by atoms with Crippen LogP contribution in [0.3, 0.4) is 0 Å². The maximum absolute atomic E-state index is 11.9. The third-order valence-electron chi connectivity index (χ3n) is 3.70. The maximum Gasteiger partial charge on any atom is 0.249 e. The number of methoxy groups -OCH3 is 1. The lowest BCUT2D eigenvalue weighted by molar-refractivity contribution is -0.126. The summed E-state index contributed by atoms with van der Waals surface area (Å²) in [6.45, 7) is 3.94. The molecule has 2 aromatic carbocycles. The minimum atomic E-state index is -0.524. The van der Waals surface area contributed by atoms with Gasteiger partial charge in [-0.3, -0.25) is 9.59 Å². The molecule has 0 fully saturated rings. The minimum absolute atomic E-state index is 0.336. The van der Waals surface area contributed by atoms with E-state index in [1.807, 2.05) is 26.0 Å². The summed E-state index contributed by atoms with van der Waals surface area (Å²) in [6, 6.07) is 10.6. The number of rotatable bonds is 6. The molecule has 136 valence electrons. The molecule has 0 atom stereocenters. The highest BCUT2D eigenvalue weighted by atomic mass is 35.5. The fourth-order valence-corrected chi connectivity index (χ4v) is 2.37. The molecule has 2 N–H and O–H groups in total. The van der Waals surface area contributed by atoms with E-state index in [0.717, 1.165) is 11.1 Å². The van der Waals surface area contributed by atoms with Gasteiger partial charge in [0.2, 0.25) is 11.8 Å². The topological polar surface area (TPSA) is 79.8 Å². The Kier molecular flexibility index (Phi) is 6.74. The van der Waals surface area contributed by atoms with Crippen LogP contribution in [-0.2, 0) is 9.59 Å². The van der Waals surface area contributed by atoms with Crippen LogP contribution in [0.5, 0.6) is 5.75 Å². The number of carbonyl (C=O) groups excluding carboxylic acids is 2. The summed E-state index contributed by atoms with van der Waals surface area (Å²) in [5.41, 5.74) is 5.77. The highest BCUT2D eigenvalue weighted by Crippen LogP contribution is 2.20. The number of hydrogen-bond acceptors (Lipinski definition) is 4. The Morgan fingerprint density at radius 3 is 2.58 bits per heavy atom. The van der Waals surface area contributed by atoms with Crippen LogP contribution in [0.15, 0.2) is 41.5 Å². The largest absolute Gasteiger partial charge is 0.496 e. The highest BCUT2D eigenvalue weighted by molar-refractivity contribution is 6.30. The molecule has 0 radical (unpaired) electrons. The van der Waals surface area contributed by atoms with Gasteiger partial charge in [-0.15, -0.1) is 0 Å². The number of hydrazone groups is 1. The zero-order chi connectivity index (χ0) is 19.1. The van der Waals surface area contributed by atoms with E-state index in [1.165, 1.54) is 13.3 Å². The molecule has 7 heteroatoms. The lowest BCUT2D eigenvalue weighted by atomic mass is 10.1. The molecular weight excluding hydrogens is 354 g/mol. The Morgan fingerprint density at radius 2 is 1.88 bits per heavy atom. The van der Waals surface area contributed by atoms with Crippen molar-refractivity contribution < 1.29 is 14.3 Å². The predicted octanol–water partition coefficient (Wildman–Crippen LogP) is 3.44.